The number of nitrogens with two attached hydrogens (primary N) is 1. The number of halogens is 1. The van der Waals surface area contributed by atoms with Crippen LogP contribution in [-0.4, -0.2) is 15.0 Å². The van der Waals surface area contributed by atoms with Crippen molar-refractivity contribution in [3.8, 4) is 11.4 Å². The molecule has 0 fully saturated rings. The van der Waals surface area contributed by atoms with Gasteiger partial charge in [-0.25, -0.2) is 9.97 Å². The molecule has 0 saturated carbocycles. The Morgan fingerprint density at radius 1 is 1.41 bits per heavy atom. The van der Waals surface area contributed by atoms with Crippen molar-refractivity contribution in [1.82, 2.24) is 15.0 Å². The second kappa shape index (κ2) is 5.19. The number of unbranched alkanes of at least 4 members (excludes halogenated alkanes) is 1. The van der Waals surface area contributed by atoms with Gasteiger partial charge in [-0.2, -0.15) is 0 Å². The van der Waals surface area contributed by atoms with E-state index in [0.29, 0.717) is 5.15 Å². The molecule has 2 heterocycles. The minimum absolute atomic E-state index is 0.208. The van der Waals surface area contributed by atoms with Gasteiger partial charge in [-0.05, 0) is 25.0 Å². The molecule has 0 aromatic carbocycles. The normalized spacial score (nSPS) is 10.7. The van der Waals surface area contributed by atoms with Gasteiger partial charge >= 0.3 is 0 Å². The number of nitrogen functional groups attached to an aromatic ring is 1. The van der Waals surface area contributed by atoms with Crippen LogP contribution in [-0.2, 0) is 6.42 Å². The summed E-state index contributed by atoms with van der Waals surface area (Å²) in [5.41, 5.74) is 8.34. The number of rotatable bonds is 4. The zero-order chi connectivity index (χ0) is 12.3. The Kier molecular flexibility index (Phi) is 3.64. The monoisotopic (exact) mass is 250 g/mol. The van der Waals surface area contributed by atoms with Crippen molar-refractivity contribution in [1.29, 1.82) is 0 Å². The van der Waals surface area contributed by atoms with E-state index >= 15 is 0 Å². The number of anilines is 1. The highest BCUT2D eigenvalue weighted by Crippen LogP contribution is 2.27. The van der Waals surface area contributed by atoms with Crippen molar-refractivity contribution in [2.24, 2.45) is 0 Å². The van der Waals surface area contributed by atoms with Crippen LogP contribution in [0.4, 0.5) is 5.95 Å². The first-order valence-electron chi connectivity index (χ1n) is 5.68. The Labute approximate surface area is 105 Å². The molecule has 2 rings (SSSR count). The molecule has 0 unspecified atom stereocenters. The molecule has 0 aliphatic heterocycles. The van der Waals surface area contributed by atoms with Crippen LogP contribution in [0.2, 0.25) is 5.15 Å². The van der Waals surface area contributed by atoms with E-state index in [1.807, 2.05) is 18.3 Å². The van der Waals surface area contributed by atoms with Gasteiger partial charge in [0.1, 0.15) is 5.15 Å². The minimum Gasteiger partial charge on any atom is -0.368 e. The van der Waals surface area contributed by atoms with Gasteiger partial charge in [-0.1, -0.05) is 24.9 Å². The lowest BCUT2D eigenvalue weighted by Gasteiger charge is -2.09. The predicted octanol–water partition coefficient (Wildman–Crippen LogP) is 3.05. The van der Waals surface area contributed by atoms with E-state index in [0.717, 1.165) is 36.2 Å². The zero-order valence-corrected chi connectivity index (χ0v) is 10.5. The number of H-pyrrole nitrogens is 1. The Bertz CT molecular complexity index is 493. The summed E-state index contributed by atoms with van der Waals surface area (Å²) < 4.78 is 0. The second-order valence-corrected chi connectivity index (χ2v) is 4.25. The fourth-order valence-corrected chi connectivity index (χ4v) is 2.02. The van der Waals surface area contributed by atoms with Gasteiger partial charge in [0.05, 0.1) is 11.4 Å². The van der Waals surface area contributed by atoms with E-state index in [4.69, 9.17) is 17.3 Å². The molecule has 0 radical (unpaired) electrons. The largest absolute Gasteiger partial charge is 0.368 e. The molecule has 3 N–H and O–H groups in total. The van der Waals surface area contributed by atoms with E-state index in [1.54, 1.807) is 0 Å². The highest BCUT2D eigenvalue weighted by molar-refractivity contribution is 6.30. The molecular weight excluding hydrogens is 236 g/mol. The highest BCUT2D eigenvalue weighted by atomic mass is 35.5. The van der Waals surface area contributed by atoms with E-state index in [1.165, 1.54) is 0 Å². The van der Waals surface area contributed by atoms with Gasteiger partial charge in [0.2, 0.25) is 5.95 Å². The third-order valence-corrected chi connectivity index (χ3v) is 2.92. The van der Waals surface area contributed by atoms with Gasteiger partial charge in [0.15, 0.2) is 0 Å². The molecule has 5 heteroatoms. The average molecular weight is 251 g/mol. The Hall–Kier alpha value is -1.55. The lowest BCUT2D eigenvalue weighted by molar-refractivity contribution is 0.790. The summed E-state index contributed by atoms with van der Waals surface area (Å²) in [6, 6.07) is 3.87. The first-order valence-corrected chi connectivity index (χ1v) is 6.05. The van der Waals surface area contributed by atoms with Crippen molar-refractivity contribution < 1.29 is 0 Å². The summed E-state index contributed by atoms with van der Waals surface area (Å²) in [5.74, 6) is 0.208. The molecule has 17 heavy (non-hydrogen) atoms. The first kappa shape index (κ1) is 11.9. The molecule has 90 valence electrons. The van der Waals surface area contributed by atoms with Crippen molar-refractivity contribution in [3.05, 3.63) is 29.0 Å². The van der Waals surface area contributed by atoms with Crippen molar-refractivity contribution in [2.45, 2.75) is 26.2 Å². The molecule has 0 aliphatic carbocycles. The van der Waals surface area contributed by atoms with Gasteiger partial charge < -0.3 is 10.7 Å². The molecule has 0 aliphatic rings. The van der Waals surface area contributed by atoms with Crippen molar-refractivity contribution >= 4 is 17.5 Å². The second-order valence-electron chi connectivity index (χ2n) is 3.89. The first-order chi connectivity index (χ1) is 8.22. The van der Waals surface area contributed by atoms with Crippen LogP contribution >= 0.6 is 11.6 Å². The van der Waals surface area contributed by atoms with Crippen molar-refractivity contribution in [3.63, 3.8) is 0 Å². The van der Waals surface area contributed by atoms with Crippen LogP contribution in [0.15, 0.2) is 18.3 Å². The third-order valence-electron chi connectivity index (χ3n) is 2.61. The van der Waals surface area contributed by atoms with Gasteiger partial charge in [-0.3, -0.25) is 0 Å². The van der Waals surface area contributed by atoms with E-state index in [-0.39, 0.29) is 5.95 Å². The van der Waals surface area contributed by atoms with Crippen LogP contribution in [0.1, 0.15) is 25.3 Å². The number of hydrogen-bond donors (Lipinski definition) is 2. The van der Waals surface area contributed by atoms with Gasteiger partial charge in [0, 0.05) is 11.8 Å². The number of nitrogens with one attached hydrogen (secondary N) is 1. The fraction of sp³-hybridized carbons (Fsp3) is 0.333. The van der Waals surface area contributed by atoms with E-state index < -0.39 is 0 Å². The van der Waals surface area contributed by atoms with Crippen LogP contribution in [0, 0.1) is 0 Å². The summed E-state index contributed by atoms with van der Waals surface area (Å²) in [5, 5.41) is 0.454. The Morgan fingerprint density at radius 3 is 2.88 bits per heavy atom. The number of aromatic nitrogens is 3. The molecule has 0 saturated heterocycles. The summed E-state index contributed by atoms with van der Waals surface area (Å²) in [7, 11) is 0. The van der Waals surface area contributed by atoms with Crippen LogP contribution in [0.25, 0.3) is 11.4 Å². The molecule has 2 aromatic rings. The average Bonchev–Trinajstić information content (AvgIpc) is 2.80. The fourth-order valence-electron chi connectivity index (χ4n) is 1.75. The maximum absolute atomic E-state index is 6.14. The molecular formula is C12H15ClN4. The third kappa shape index (κ3) is 2.58. The maximum Gasteiger partial charge on any atom is 0.222 e. The topological polar surface area (TPSA) is 67.6 Å². The SMILES string of the molecule is CCCCc1c(Cl)nc(N)nc1-c1ccc[nH]1. The summed E-state index contributed by atoms with van der Waals surface area (Å²) in [6.07, 6.45) is 4.88. The molecule has 0 bridgehead atoms. The molecule has 0 atom stereocenters. The lowest BCUT2D eigenvalue weighted by Crippen LogP contribution is -2.03. The summed E-state index contributed by atoms with van der Waals surface area (Å²) in [6.45, 7) is 2.14. The van der Waals surface area contributed by atoms with E-state index in [9.17, 15) is 0 Å². The van der Waals surface area contributed by atoms with Gasteiger partial charge in [0.25, 0.3) is 0 Å². The van der Waals surface area contributed by atoms with Crippen LogP contribution in [0.3, 0.4) is 0 Å². The number of nitrogens with zero attached hydrogens (tertiary/aromatic N) is 2. The summed E-state index contributed by atoms with van der Waals surface area (Å²) >= 11 is 6.14. The van der Waals surface area contributed by atoms with Crippen LogP contribution in [0.5, 0.6) is 0 Å². The standard InChI is InChI=1S/C12H15ClN4/c1-2-3-5-8-10(9-6-4-7-15-9)16-12(14)17-11(8)13/h4,6-7,15H,2-3,5H2,1H3,(H2,14,16,17). The summed E-state index contributed by atoms with van der Waals surface area (Å²) in [4.78, 5) is 11.4. The lowest BCUT2D eigenvalue weighted by atomic mass is 10.1. The van der Waals surface area contributed by atoms with Crippen LogP contribution < -0.4 is 5.73 Å². The van der Waals surface area contributed by atoms with E-state index in [2.05, 4.69) is 21.9 Å². The highest BCUT2D eigenvalue weighted by Gasteiger charge is 2.13. The zero-order valence-electron chi connectivity index (χ0n) is 9.70. The molecule has 0 spiro atoms. The smallest absolute Gasteiger partial charge is 0.222 e. The number of aromatic amines is 1. The molecule has 0 amide bonds. The molecule has 2 aromatic heterocycles. The predicted molar refractivity (Wildman–Crippen MR) is 69.9 cm³/mol. The Morgan fingerprint density at radius 2 is 2.24 bits per heavy atom. The maximum atomic E-state index is 6.14. The van der Waals surface area contributed by atoms with Crippen molar-refractivity contribution in [2.75, 3.05) is 5.73 Å². The minimum atomic E-state index is 0.208. The number of hydrogen-bond acceptors (Lipinski definition) is 3. The Balaban J connectivity index is 2.47. The quantitative estimate of drug-likeness (QED) is 0.820. The molecule has 4 nitrogen and oxygen atoms in total. The van der Waals surface area contributed by atoms with Gasteiger partial charge in [-0.15, -0.1) is 0 Å².